The summed E-state index contributed by atoms with van der Waals surface area (Å²) >= 11 is 0. The van der Waals surface area contributed by atoms with Crippen molar-refractivity contribution in [3.05, 3.63) is 12.7 Å². The Bertz CT molecular complexity index is 203. The molecule has 80 valence electrons. The van der Waals surface area contributed by atoms with Gasteiger partial charge in [-0.25, -0.2) is 0 Å². The van der Waals surface area contributed by atoms with Crippen LogP contribution in [0.4, 0.5) is 0 Å². The van der Waals surface area contributed by atoms with Crippen molar-refractivity contribution in [3.63, 3.8) is 0 Å². The van der Waals surface area contributed by atoms with Gasteiger partial charge in [0.25, 0.3) is 0 Å². The average molecular weight is 195 g/mol. The lowest BCUT2D eigenvalue weighted by atomic mass is 9.85. The first-order valence-electron chi connectivity index (χ1n) is 5.57. The van der Waals surface area contributed by atoms with Crippen LogP contribution >= 0.6 is 0 Å². The maximum atomic E-state index is 5.53. The highest BCUT2D eigenvalue weighted by atomic mass is 15.2. The minimum absolute atomic E-state index is 0.298. The summed E-state index contributed by atoms with van der Waals surface area (Å²) in [4.78, 5) is 2.55. The molecular formula is C11H21N3. The minimum Gasteiger partial charge on any atom is -0.300 e. The summed E-state index contributed by atoms with van der Waals surface area (Å²) in [5.74, 6) is 6.21. The number of fused-ring (bicyclic) bond motifs is 2. The third-order valence-corrected chi connectivity index (χ3v) is 4.09. The second kappa shape index (κ2) is 4.01. The van der Waals surface area contributed by atoms with E-state index in [9.17, 15) is 0 Å². The Labute approximate surface area is 86.3 Å². The lowest BCUT2D eigenvalue weighted by Gasteiger charge is -2.38. The van der Waals surface area contributed by atoms with Crippen LogP contribution in [0, 0.1) is 5.92 Å². The Morgan fingerprint density at radius 1 is 1.43 bits per heavy atom. The van der Waals surface area contributed by atoms with E-state index in [0.717, 1.165) is 12.1 Å². The number of hydrazine groups is 1. The monoisotopic (exact) mass is 195 g/mol. The summed E-state index contributed by atoms with van der Waals surface area (Å²) in [5, 5.41) is 0. The summed E-state index contributed by atoms with van der Waals surface area (Å²) in [5.41, 5.74) is 2.87. The molecule has 3 N–H and O–H groups in total. The minimum atomic E-state index is 0.298. The fourth-order valence-electron chi connectivity index (χ4n) is 3.14. The number of hydrogen-bond donors (Lipinski definition) is 2. The quantitative estimate of drug-likeness (QED) is 0.399. The van der Waals surface area contributed by atoms with E-state index >= 15 is 0 Å². The van der Waals surface area contributed by atoms with Gasteiger partial charge in [-0.1, -0.05) is 6.08 Å². The van der Waals surface area contributed by atoms with E-state index in [1.54, 1.807) is 0 Å². The van der Waals surface area contributed by atoms with Crippen LogP contribution in [0.2, 0.25) is 0 Å². The van der Waals surface area contributed by atoms with Gasteiger partial charge in [0.1, 0.15) is 0 Å². The Balaban J connectivity index is 2.01. The van der Waals surface area contributed by atoms with E-state index in [-0.39, 0.29) is 0 Å². The van der Waals surface area contributed by atoms with E-state index in [1.165, 1.54) is 25.7 Å². The number of nitrogens with one attached hydrogen (secondary N) is 1. The van der Waals surface area contributed by atoms with Gasteiger partial charge in [0, 0.05) is 18.1 Å². The smallest absolute Gasteiger partial charge is 0.0417 e. The van der Waals surface area contributed by atoms with E-state index < -0.39 is 0 Å². The first-order valence-corrected chi connectivity index (χ1v) is 5.57. The third kappa shape index (κ3) is 1.60. The molecule has 0 aliphatic carbocycles. The summed E-state index contributed by atoms with van der Waals surface area (Å²) in [6.45, 7) is 3.84. The van der Waals surface area contributed by atoms with Crippen molar-refractivity contribution >= 4 is 0 Å². The van der Waals surface area contributed by atoms with Gasteiger partial charge in [-0.3, -0.25) is 11.3 Å². The zero-order valence-electron chi connectivity index (χ0n) is 8.95. The lowest BCUT2D eigenvalue weighted by Crippen LogP contribution is -2.48. The number of piperidine rings is 1. The molecule has 0 aromatic carbocycles. The van der Waals surface area contributed by atoms with E-state index in [1.807, 2.05) is 6.08 Å². The van der Waals surface area contributed by atoms with Crippen LogP contribution in [0.3, 0.4) is 0 Å². The number of hydrogen-bond acceptors (Lipinski definition) is 3. The van der Waals surface area contributed by atoms with Gasteiger partial charge >= 0.3 is 0 Å². The predicted octanol–water partition coefficient (Wildman–Crippen LogP) is 0.877. The van der Waals surface area contributed by atoms with Gasteiger partial charge in [-0.15, -0.1) is 6.58 Å². The van der Waals surface area contributed by atoms with Crippen molar-refractivity contribution in [2.45, 2.75) is 43.8 Å². The Morgan fingerprint density at radius 2 is 2.00 bits per heavy atom. The van der Waals surface area contributed by atoms with Crippen LogP contribution in [0.25, 0.3) is 0 Å². The molecule has 0 aromatic heterocycles. The van der Waals surface area contributed by atoms with Gasteiger partial charge in [-0.05, 0) is 38.6 Å². The summed E-state index contributed by atoms with van der Waals surface area (Å²) in [6.07, 6.45) is 7.23. The summed E-state index contributed by atoms with van der Waals surface area (Å²) in [6, 6.07) is 1.87. The average Bonchev–Trinajstić information content (AvgIpc) is 2.42. The van der Waals surface area contributed by atoms with Crippen molar-refractivity contribution in [2.24, 2.45) is 11.8 Å². The van der Waals surface area contributed by atoms with Crippen molar-refractivity contribution in [1.29, 1.82) is 0 Å². The normalized spacial score (nSPS) is 39.7. The van der Waals surface area contributed by atoms with E-state index in [0.29, 0.717) is 12.0 Å². The zero-order chi connectivity index (χ0) is 10.1. The molecule has 3 heteroatoms. The van der Waals surface area contributed by atoms with Gasteiger partial charge in [-0.2, -0.15) is 0 Å². The molecule has 3 atom stereocenters. The molecule has 2 bridgehead atoms. The summed E-state index contributed by atoms with van der Waals surface area (Å²) in [7, 11) is 2.26. The molecule has 0 spiro atoms. The van der Waals surface area contributed by atoms with E-state index in [2.05, 4.69) is 24.0 Å². The second-order valence-corrected chi connectivity index (χ2v) is 4.71. The SMILES string of the molecule is C=CC(NN)C1CC2CCC(C1)N2C. The van der Waals surface area contributed by atoms with Crippen molar-refractivity contribution in [2.75, 3.05) is 7.05 Å². The molecule has 0 aromatic rings. The van der Waals surface area contributed by atoms with Crippen LogP contribution in [0.1, 0.15) is 25.7 Å². The maximum absolute atomic E-state index is 5.53. The predicted molar refractivity (Wildman–Crippen MR) is 58.6 cm³/mol. The first-order chi connectivity index (χ1) is 6.76. The van der Waals surface area contributed by atoms with Gasteiger partial charge in [0.05, 0.1) is 0 Å². The molecule has 2 aliphatic heterocycles. The highest BCUT2D eigenvalue weighted by molar-refractivity contribution is 5.00. The summed E-state index contributed by atoms with van der Waals surface area (Å²) < 4.78 is 0. The highest BCUT2D eigenvalue weighted by Gasteiger charge is 2.40. The third-order valence-electron chi connectivity index (χ3n) is 4.09. The van der Waals surface area contributed by atoms with Crippen LogP contribution in [-0.2, 0) is 0 Å². The van der Waals surface area contributed by atoms with Crippen LogP contribution in [0.5, 0.6) is 0 Å². The molecule has 3 unspecified atom stereocenters. The largest absolute Gasteiger partial charge is 0.300 e. The van der Waals surface area contributed by atoms with Crippen molar-refractivity contribution < 1.29 is 0 Å². The number of nitrogens with two attached hydrogens (primary N) is 1. The molecule has 2 saturated heterocycles. The molecular weight excluding hydrogens is 174 g/mol. The Kier molecular flexibility index (Phi) is 2.91. The molecule has 2 heterocycles. The fourth-order valence-corrected chi connectivity index (χ4v) is 3.14. The zero-order valence-corrected chi connectivity index (χ0v) is 8.95. The molecule has 0 radical (unpaired) electrons. The number of nitrogens with zero attached hydrogens (tertiary/aromatic N) is 1. The molecule has 2 rings (SSSR count). The van der Waals surface area contributed by atoms with E-state index in [4.69, 9.17) is 5.84 Å². The highest BCUT2D eigenvalue weighted by Crippen LogP contribution is 2.38. The number of rotatable bonds is 3. The lowest BCUT2D eigenvalue weighted by molar-refractivity contribution is 0.121. The van der Waals surface area contributed by atoms with Crippen LogP contribution in [0.15, 0.2) is 12.7 Å². The van der Waals surface area contributed by atoms with Gasteiger partial charge in [0.15, 0.2) is 0 Å². The topological polar surface area (TPSA) is 41.3 Å². The van der Waals surface area contributed by atoms with Crippen LogP contribution in [-0.4, -0.2) is 30.1 Å². The Hall–Kier alpha value is -0.380. The molecule has 2 fully saturated rings. The second-order valence-electron chi connectivity index (χ2n) is 4.71. The van der Waals surface area contributed by atoms with Crippen molar-refractivity contribution in [3.8, 4) is 0 Å². The van der Waals surface area contributed by atoms with Gasteiger partial charge < -0.3 is 4.90 Å². The standard InChI is InChI=1S/C11H21N3/c1-3-11(13-12)8-6-9-4-5-10(7-8)14(9)2/h3,8-11,13H,1,4-7,12H2,2H3. The molecule has 14 heavy (non-hydrogen) atoms. The van der Waals surface area contributed by atoms with Crippen LogP contribution < -0.4 is 11.3 Å². The molecule has 0 amide bonds. The molecule has 3 nitrogen and oxygen atoms in total. The molecule has 2 aliphatic rings. The van der Waals surface area contributed by atoms with Gasteiger partial charge in [0.2, 0.25) is 0 Å². The van der Waals surface area contributed by atoms with Crippen molar-refractivity contribution in [1.82, 2.24) is 10.3 Å². The Morgan fingerprint density at radius 3 is 2.43 bits per heavy atom. The maximum Gasteiger partial charge on any atom is 0.0417 e. The molecule has 0 saturated carbocycles. The first kappa shape index (κ1) is 10.1. The fraction of sp³-hybridized carbons (Fsp3) is 0.818.